The molecule has 0 aliphatic heterocycles. The number of benzene rings is 3. The van der Waals surface area contributed by atoms with Gasteiger partial charge in [-0.3, -0.25) is 4.79 Å². The van der Waals surface area contributed by atoms with Crippen molar-refractivity contribution in [1.82, 2.24) is 4.72 Å². The minimum atomic E-state index is -4.55. The van der Waals surface area contributed by atoms with Crippen LogP contribution in [-0.2, 0) is 27.4 Å². The number of ether oxygens (including phenoxy) is 1. The van der Waals surface area contributed by atoms with Gasteiger partial charge in [-0.1, -0.05) is 24.3 Å². The van der Waals surface area contributed by atoms with Crippen molar-refractivity contribution in [3.8, 4) is 0 Å². The number of alkyl halides is 3. The van der Waals surface area contributed by atoms with Gasteiger partial charge in [0.25, 0.3) is 5.91 Å². The Labute approximate surface area is 206 Å². The molecular formula is C25H23F3N2O5S. The van der Waals surface area contributed by atoms with E-state index in [1.54, 1.807) is 31.2 Å². The van der Waals surface area contributed by atoms with Crippen molar-refractivity contribution < 1.29 is 35.9 Å². The van der Waals surface area contributed by atoms with Gasteiger partial charge in [0.05, 0.1) is 23.1 Å². The van der Waals surface area contributed by atoms with Gasteiger partial charge in [-0.15, -0.1) is 0 Å². The van der Waals surface area contributed by atoms with E-state index in [9.17, 15) is 31.2 Å². The second-order valence-corrected chi connectivity index (χ2v) is 9.61. The molecule has 2 N–H and O–H groups in total. The zero-order valence-electron chi connectivity index (χ0n) is 19.3. The number of esters is 1. The van der Waals surface area contributed by atoms with Crippen LogP contribution in [0.1, 0.15) is 37.4 Å². The zero-order chi connectivity index (χ0) is 26.5. The smallest absolute Gasteiger partial charge is 0.416 e. The van der Waals surface area contributed by atoms with E-state index in [1.807, 2.05) is 0 Å². The molecule has 0 bridgehead atoms. The second kappa shape index (κ2) is 10.9. The number of hydrogen-bond acceptors (Lipinski definition) is 5. The van der Waals surface area contributed by atoms with Gasteiger partial charge in [-0.25, -0.2) is 17.9 Å². The Hall–Kier alpha value is -3.70. The Morgan fingerprint density at radius 2 is 1.67 bits per heavy atom. The van der Waals surface area contributed by atoms with Crippen LogP contribution < -0.4 is 10.0 Å². The first-order valence-electron chi connectivity index (χ1n) is 10.7. The molecule has 7 nitrogen and oxygen atoms in total. The topological polar surface area (TPSA) is 102 Å². The van der Waals surface area contributed by atoms with Crippen LogP contribution in [0.4, 0.5) is 18.9 Å². The van der Waals surface area contributed by atoms with Crippen molar-refractivity contribution in [3.05, 3.63) is 94.5 Å². The molecule has 0 aliphatic carbocycles. The van der Waals surface area contributed by atoms with Gasteiger partial charge in [0.1, 0.15) is 0 Å². The molecule has 1 amide bonds. The first kappa shape index (κ1) is 26.9. The summed E-state index contributed by atoms with van der Waals surface area (Å²) in [4.78, 5) is 24.1. The lowest BCUT2D eigenvalue weighted by atomic mass is 10.1. The maximum atomic E-state index is 12.9. The number of amides is 1. The number of sulfonamides is 1. The molecule has 0 radical (unpaired) electrons. The highest BCUT2D eigenvalue weighted by atomic mass is 32.2. The van der Waals surface area contributed by atoms with Crippen LogP contribution in [0.5, 0.6) is 0 Å². The Kier molecular flexibility index (Phi) is 8.16. The molecule has 190 valence electrons. The van der Waals surface area contributed by atoms with E-state index in [0.29, 0.717) is 17.7 Å². The van der Waals surface area contributed by atoms with Gasteiger partial charge in [-0.05, 0) is 66.9 Å². The molecule has 3 aromatic rings. The predicted octanol–water partition coefficient (Wildman–Crippen LogP) is 4.57. The number of methoxy groups -OCH3 is 1. The zero-order valence-corrected chi connectivity index (χ0v) is 20.2. The average molecular weight is 521 g/mol. The van der Waals surface area contributed by atoms with E-state index in [4.69, 9.17) is 0 Å². The van der Waals surface area contributed by atoms with E-state index >= 15 is 0 Å². The summed E-state index contributed by atoms with van der Waals surface area (Å²) in [7, 11) is -2.66. The molecule has 0 saturated heterocycles. The van der Waals surface area contributed by atoms with E-state index in [1.165, 1.54) is 31.4 Å². The largest absolute Gasteiger partial charge is 0.465 e. The number of hydrogen-bond donors (Lipinski definition) is 2. The van der Waals surface area contributed by atoms with Crippen LogP contribution in [0.15, 0.2) is 71.6 Å². The van der Waals surface area contributed by atoms with Gasteiger partial charge < -0.3 is 10.1 Å². The quantitative estimate of drug-likeness (QED) is 0.424. The van der Waals surface area contributed by atoms with Gasteiger partial charge in [-0.2, -0.15) is 13.2 Å². The normalized spacial score (nSPS) is 11.7. The molecule has 0 fully saturated rings. The van der Waals surface area contributed by atoms with Crippen molar-refractivity contribution in [1.29, 1.82) is 0 Å². The predicted molar refractivity (Wildman–Crippen MR) is 127 cm³/mol. The Bertz CT molecular complexity index is 1370. The molecule has 3 rings (SSSR count). The number of anilines is 1. The standard InChI is InChI=1S/C25H23F3N2O5S/c1-16-6-11-21(15-22(16)24(32)35-2)36(33,34)29-13-12-17-7-9-20(10-8-17)30-23(31)18-4-3-5-19(14-18)25(26,27)28/h3-11,14-15,29H,12-13H2,1-2H3,(H,30,31). The van der Waals surface area contributed by atoms with Crippen LogP contribution in [0.3, 0.4) is 0 Å². The van der Waals surface area contributed by atoms with Crippen LogP contribution in [0.2, 0.25) is 0 Å². The highest BCUT2D eigenvalue weighted by Gasteiger charge is 2.30. The highest BCUT2D eigenvalue weighted by molar-refractivity contribution is 7.89. The SMILES string of the molecule is COC(=O)c1cc(S(=O)(=O)NCCc2ccc(NC(=O)c3cccc(C(F)(F)F)c3)cc2)ccc1C. The third-order valence-corrected chi connectivity index (χ3v) is 6.75. The summed E-state index contributed by atoms with van der Waals surface area (Å²) in [5.41, 5.74) is 0.824. The summed E-state index contributed by atoms with van der Waals surface area (Å²) in [5.74, 6) is -1.32. The third-order valence-electron chi connectivity index (χ3n) is 5.29. The molecule has 0 saturated carbocycles. The average Bonchev–Trinajstić information content (AvgIpc) is 2.84. The molecule has 0 heterocycles. The number of halogens is 3. The monoisotopic (exact) mass is 520 g/mol. The van der Waals surface area contributed by atoms with E-state index in [0.717, 1.165) is 23.8 Å². The summed E-state index contributed by atoms with van der Waals surface area (Å²) in [6.07, 6.45) is -4.22. The molecule has 36 heavy (non-hydrogen) atoms. The molecule has 11 heteroatoms. The molecular weight excluding hydrogens is 497 g/mol. The van der Waals surface area contributed by atoms with Crippen LogP contribution >= 0.6 is 0 Å². The van der Waals surface area contributed by atoms with E-state index < -0.39 is 33.6 Å². The maximum absolute atomic E-state index is 12.9. The molecule has 0 aliphatic rings. The van der Waals surface area contributed by atoms with E-state index in [-0.39, 0.29) is 22.6 Å². The summed E-state index contributed by atoms with van der Waals surface area (Å²) >= 11 is 0. The summed E-state index contributed by atoms with van der Waals surface area (Å²) in [6.45, 7) is 1.74. The van der Waals surface area contributed by atoms with Gasteiger partial charge in [0, 0.05) is 17.8 Å². The fourth-order valence-electron chi connectivity index (χ4n) is 3.31. The lowest BCUT2D eigenvalue weighted by Gasteiger charge is -2.11. The van der Waals surface area contributed by atoms with Crippen LogP contribution in [0, 0.1) is 6.92 Å². The third kappa shape index (κ3) is 6.70. The first-order chi connectivity index (χ1) is 16.9. The van der Waals surface area contributed by atoms with Gasteiger partial charge >= 0.3 is 12.1 Å². The van der Waals surface area contributed by atoms with Crippen molar-refractivity contribution in [2.24, 2.45) is 0 Å². The minimum Gasteiger partial charge on any atom is -0.465 e. The summed E-state index contributed by atoms with van der Waals surface area (Å²) in [5, 5.41) is 2.53. The highest BCUT2D eigenvalue weighted by Crippen LogP contribution is 2.29. The molecule has 0 unspecified atom stereocenters. The van der Waals surface area contributed by atoms with Crippen molar-refractivity contribution in [3.63, 3.8) is 0 Å². The molecule has 0 aromatic heterocycles. The minimum absolute atomic E-state index is 0.0684. The van der Waals surface area contributed by atoms with E-state index in [2.05, 4.69) is 14.8 Å². The molecule has 0 atom stereocenters. The summed E-state index contributed by atoms with van der Waals surface area (Å²) < 4.78 is 71.0. The van der Waals surface area contributed by atoms with Crippen LogP contribution in [0.25, 0.3) is 0 Å². The fourth-order valence-corrected chi connectivity index (χ4v) is 4.36. The molecule has 3 aromatic carbocycles. The number of nitrogens with one attached hydrogen (secondary N) is 2. The number of aryl methyl sites for hydroxylation is 1. The van der Waals surface area contributed by atoms with Crippen molar-refractivity contribution >= 4 is 27.6 Å². The Morgan fingerprint density at radius 3 is 2.31 bits per heavy atom. The number of carbonyl (C=O) groups is 2. The lowest BCUT2D eigenvalue weighted by molar-refractivity contribution is -0.137. The van der Waals surface area contributed by atoms with Crippen molar-refractivity contribution in [2.45, 2.75) is 24.4 Å². The van der Waals surface area contributed by atoms with Crippen LogP contribution in [-0.4, -0.2) is 33.9 Å². The maximum Gasteiger partial charge on any atom is 0.416 e. The van der Waals surface area contributed by atoms with Crippen molar-refractivity contribution in [2.75, 3.05) is 19.0 Å². The number of rotatable bonds is 8. The summed E-state index contributed by atoms with van der Waals surface area (Å²) in [6, 6.07) is 14.7. The molecule has 0 spiro atoms. The fraction of sp³-hybridized carbons (Fsp3) is 0.200. The van der Waals surface area contributed by atoms with Gasteiger partial charge in [0.15, 0.2) is 0 Å². The first-order valence-corrected chi connectivity index (χ1v) is 12.2. The lowest BCUT2D eigenvalue weighted by Crippen LogP contribution is -2.26. The Balaban J connectivity index is 1.59. The van der Waals surface area contributed by atoms with Gasteiger partial charge in [0.2, 0.25) is 10.0 Å². The second-order valence-electron chi connectivity index (χ2n) is 7.85. The Morgan fingerprint density at radius 1 is 0.972 bits per heavy atom. The number of carbonyl (C=O) groups excluding carboxylic acids is 2.